The highest BCUT2D eigenvalue weighted by molar-refractivity contribution is 7.10. The van der Waals surface area contributed by atoms with Crippen LogP contribution in [0.15, 0.2) is 41.8 Å². The summed E-state index contributed by atoms with van der Waals surface area (Å²) in [6, 6.07) is 12.5. The molecule has 0 radical (unpaired) electrons. The van der Waals surface area contributed by atoms with Crippen LogP contribution in [0.1, 0.15) is 41.8 Å². The number of amides is 2. The lowest BCUT2D eigenvalue weighted by molar-refractivity contribution is -0.133. The van der Waals surface area contributed by atoms with Gasteiger partial charge in [-0.2, -0.15) is 0 Å². The zero-order valence-electron chi connectivity index (χ0n) is 15.8. The summed E-state index contributed by atoms with van der Waals surface area (Å²) >= 11 is 1.66. The van der Waals surface area contributed by atoms with Gasteiger partial charge in [0.1, 0.15) is 0 Å². The molecule has 1 aromatic heterocycles. The van der Waals surface area contributed by atoms with Crippen molar-refractivity contribution in [2.24, 2.45) is 0 Å². The second kappa shape index (κ2) is 9.50. The third-order valence-corrected chi connectivity index (χ3v) is 5.24. The van der Waals surface area contributed by atoms with Crippen molar-refractivity contribution in [2.45, 2.75) is 25.8 Å². The molecule has 0 bridgehead atoms. The topological polar surface area (TPSA) is 61.4 Å². The zero-order chi connectivity index (χ0) is 19.1. The van der Waals surface area contributed by atoms with Crippen molar-refractivity contribution in [3.8, 4) is 0 Å². The summed E-state index contributed by atoms with van der Waals surface area (Å²) in [5, 5.41) is 7.91. The molecular weight excluding hydrogens is 346 g/mol. The van der Waals surface area contributed by atoms with E-state index in [9.17, 15) is 9.59 Å². The fourth-order valence-electron chi connectivity index (χ4n) is 2.62. The van der Waals surface area contributed by atoms with Gasteiger partial charge in [-0.05, 0) is 28.5 Å². The Balaban J connectivity index is 2.09. The van der Waals surface area contributed by atoms with Crippen molar-refractivity contribution in [1.82, 2.24) is 15.5 Å². The van der Waals surface area contributed by atoms with Crippen molar-refractivity contribution in [3.05, 3.63) is 57.8 Å². The van der Waals surface area contributed by atoms with Gasteiger partial charge < -0.3 is 10.2 Å². The lowest BCUT2D eigenvalue weighted by Gasteiger charge is -2.21. The highest BCUT2D eigenvalue weighted by Gasteiger charge is 2.18. The molecule has 1 heterocycles. The maximum atomic E-state index is 12.3. The second-order valence-corrected chi connectivity index (χ2v) is 7.55. The molecule has 0 saturated heterocycles. The number of carbonyl (C=O) groups excluding carboxylic acids is 2. The molecule has 0 fully saturated rings. The number of likely N-dealkylation sites (N-methyl/N-ethyl adjacent to an activating group) is 2. The highest BCUT2D eigenvalue weighted by Crippen LogP contribution is 2.27. The Bertz CT molecular complexity index is 711. The van der Waals surface area contributed by atoms with Crippen molar-refractivity contribution in [1.29, 1.82) is 0 Å². The van der Waals surface area contributed by atoms with E-state index in [0.29, 0.717) is 5.92 Å². The number of benzene rings is 1. The molecule has 26 heavy (non-hydrogen) atoms. The molecule has 0 saturated carbocycles. The number of nitrogens with one attached hydrogen (secondary N) is 2. The van der Waals surface area contributed by atoms with E-state index in [0.717, 1.165) is 10.4 Å². The van der Waals surface area contributed by atoms with E-state index in [4.69, 9.17) is 0 Å². The highest BCUT2D eigenvalue weighted by atomic mass is 32.1. The lowest BCUT2D eigenvalue weighted by atomic mass is 9.98. The molecule has 6 heteroatoms. The van der Waals surface area contributed by atoms with E-state index in [-0.39, 0.29) is 30.9 Å². The fourth-order valence-corrected chi connectivity index (χ4v) is 3.45. The van der Waals surface area contributed by atoms with Crippen LogP contribution < -0.4 is 10.6 Å². The molecule has 2 N–H and O–H groups in total. The van der Waals surface area contributed by atoms with Crippen LogP contribution in [0.3, 0.4) is 0 Å². The van der Waals surface area contributed by atoms with Gasteiger partial charge in [0.15, 0.2) is 0 Å². The monoisotopic (exact) mass is 373 g/mol. The van der Waals surface area contributed by atoms with Crippen LogP contribution in [0.4, 0.5) is 0 Å². The van der Waals surface area contributed by atoms with E-state index in [1.54, 1.807) is 25.4 Å². The number of hydrogen-bond acceptors (Lipinski definition) is 4. The van der Waals surface area contributed by atoms with Crippen LogP contribution in [0.5, 0.6) is 0 Å². The van der Waals surface area contributed by atoms with Crippen LogP contribution in [0, 0.1) is 0 Å². The van der Waals surface area contributed by atoms with E-state index < -0.39 is 0 Å². The summed E-state index contributed by atoms with van der Waals surface area (Å²) in [5.74, 6) is 0.186. The largest absolute Gasteiger partial charge is 0.358 e. The Morgan fingerprint density at radius 2 is 1.77 bits per heavy atom. The van der Waals surface area contributed by atoms with Crippen LogP contribution in [-0.4, -0.2) is 43.9 Å². The molecule has 2 amide bonds. The van der Waals surface area contributed by atoms with E-state index in [1.807, 2.05) is 11.4 Å². The zero-order valence-corrected chi connectivity index (χ0v) is 16.6. The van der Waals surface area contributed by atoms with Gasteiger partial charge in [0.25, 0.3) is 0 Å². The number of carbonyl (C=O) groups is 2. The number of hydrogen-bond donors (Lipinski definition) is 2. The Hall–Kier alpha value is -2.18. The molecule has 1 atom stereocenters. The van der Waals surface area contributed by atoms with Crippen molar-refractivity contribution in [3.63, 3.8) is 0 Å². The third-order valence-electron chi connectivity index (χ3n) is 4.31. The van der Waals surface area contributed by atoms with E-state index >= 15 is 0 Å². The van der Waals surface area contributed by atoms with E-state index in [1.165, 1.54) is 10.5 Å². The van der Waals surface area contributed by atoms with Gasteiger partial charge >= 0.3 is 0 Å². The van der Waals surface area contributed by atoms with Crippen molar-refractivity contribution in [2.75, 3.05) is 27.2 Å². The first-order chi connectivity index (χ1) is 12.4. The maximum absolute atomic E-state index is 12.3. The number of thiophene rings is 1. The smallest absolute Gasteiger partial charge is 0.239 e. The first-order valence-electron chi connectivity index (χ1n) is 8.73. The Labute approximate surface area is 159 Å². The van der Waals surface area contributed by atoms with Gasteiger partial charge in [0.05, 0.1) is 19.1 Å². The van der Waals surface area contributed by atoms with E-state index in [2.05, 4.69) is 54.8 Å². The SMILES string of the molecule is CNC(=O)CN(C)C(=O)CN[C@H](c1ccc(C(C)C)cc1)c1cccs1. The average Bonchev–Trinajstić information content (AvgIpc) is 3.16. The molecule has 140 valence electrons. The maximum Gasteiger partial charge on any atom is 0.239 e. The molecule has 1 aromatic carbocycles. The van der Waals surface area contributed by atoms with Gasteiger partial charge in [0.2, 0.25) is 11.8 Å². The predicted molar refractivity (Wildman–Crippen MR) is 106 cm³/mol. The van der Waals surface area contributed by atoms with Gasteiger partial charge in [-0.1, -0.05) is 44.2 Å². The minimum Gasteiger partial charge on any atom is -0.358 e. The molecule has 0 spiro atoms. The molecule has 5 nitrogen and oxygen atoms in total. The van der Waals surface area contributed by atoms with Gasteiger partial charge in [-0.3, -0.25) is 14.9 Å². The Morgan fingerprint density at radius 3 is 2.31 bits per heavy atom. The summed E-state index contributed by atoms with van der Waals surface area (Å²) in [6.07, 6.45) is 0. The van der Waals surface area contributed by atoms with Crippen LogP contribution >= 0.6 is 11.3 Å². The van der Waals surface area contributed by atoms with Gasteiger partial charge in [-0.15, -0.1) is 11.3 Å². The third kappa shape index (κ3) is 5.41. The Kier molecular flexibility index (Phi) is 7.36. The molecule has 0 aliphatic rings. The minimum absolute atomic E-state index is 0.0476. The molecular formula is C20H27N3O2S. The van der Waals surface area contributed by atoms with Crippen LogP contribution in [0.25, 0.3) is 0 Å². The average molecular weight is 374 g/mol. The standard InChI is InChI=1S/C20H27N3O2S/c1-14(2)15-7-9-16(10-8-15)20(17-6-5-11-26-17)22-12-19(25)23(4)13-18(24)21-3/h5-11,14,20,22H,12-13H2,1-4H3,(H,21,24)/t20-/m1/s1. The quantitative estimate of drug-likeness (QED) is 0.748. The summed E-state index contributed by atoms with van der Waals surface area (Å²) in [5.41, 5.74) is 2.42. The second-order valence-electron chi connectivity index (χ2n) is 6.57. The van der Waals surface area contributed by atoms with Gasteiger partial charge in [-0.25, -0.2) is 0 Å². The first kappa shape index (κ1) is 20.1. The summed E-state index contributed by atoms with van der Waals surface area (Å²) < 4.78 is 0. The molecule has 0 aliphatic heterocycles. The lowest BCUT2D eigenvalue weighted by Crippen LogP contribution is -2.42. The fraction of sp³-hybridized carbons (Fsp3) is 0.400. The van der Waals surface area contributed by atoms with Crippen molar-refractivity contribution >= 4 is 23.2 Å². The molecule has 2 rings (SSSR count). The minimum atomic E-state index is -0.181. The van der Waals surface area contributed by atoms with Gasteiger partial charge in [0, 0.05) is 19.0 Å². The summed E-state index contributed by atoms with van der Waals surface area (Å²) in [4.78, 5) is 26.4. The normalized spacial score (nSPS) is 12.0. The Morgan fingerprint density at radius 1 is 1.12 bits per heavy atom. The number of nitrogens with zero attached hydrogens (tertiary/aromatic N) is 1. The predicted octanol–water partition coefficient (Wildman–Crippen LogP) is 2.75. The van der Waals surface area contributed by atoms with Crippen LogP contribution in [-0.2, 0) is 9.59 Å². The first-order valence-corrected chi connectivity index (χ1v) is 9.61. The molecule has 0 unspecified atom stereocenters. The van der Waals surface area contributed by atoms with Crippen molar-refractivity contribution < 1.29 is 9.59 Å². The number of rotatable bonds is 8. The molecule has 0 aliphatic carbocycles. The summed E-state index contributed by atoms with van der Waals surface area (Å²) in [7, 11) is 3.20. The summed E-state index contributed by atoms with van der Waals surface area (Å²) in [6.45, 7) is 4.57. The molecule has 2 aromatic rings. The van der Waals surface area contributed by atoms with Crippen LogP contribution in [0.2, 0.25) is 0 Å².